The Morgan fingerprint density at radius 1 is 1.41 bits per heavy atom. The van der Waals surface area contributed by atoms with E-state index in [1.165, 1.54) is 0 Å². The van der Waals surface area contributed by atoms with E-state index in [2.05, 4.69) is 6.92 Å². The summed E-state index contributed by atoms with van der Waals surface area (Å²) in [6, 6.07) is -0.182. The predicted octanol–water partition coefficient (Wildman–Crippen LogP) is 1.42. The van der Waals surface area contributed by atoms with Crippen molar-refractivity contribution < 1.29 is 14.6 Å². The van der Waals surface area contributed by atoms with Crippen LogP contribution >= 0.6 is 0 Å². The van der Waals surface area contributed by atoms with Gasteiger partial charge in [0.15, 0.2) is 0 Å². The molecule has 1 aliphatic rings. The maximum atomic E-state index is 11.8. The number of aliphatic hydroxyl groups is 1. The summed E-state index contributed by atoms with van der Waals surface area (Å²) in [5.74, 6) is 0.0726. The fourth-order valence-electron chi connectivity index (χ4n) is 2.20. The number of likely N-dealkylation sites (tertiary alicyclic amines) is 1. The van der Waals surface area contributed by atoms with E-state index >= 15 is 0 Å². The summed E-state index contributed by atoms with van der Waals surface area (Å²) in [6.45, 7) is 9.47. The van der Waals surface area contributed by atoms with Crippen LogP contribution < -0.4 is 0 Å². The normalized spacial score (nSPS) is 21.1. The van der Waals surface area contributed by atoms with Gasteiger partial charge in [0.25, 0.3) is 0 Å². The van der Waals surface area contributed by atoms with Gasteiger partial charge >= 0.3 is 5.97 Å². The molecule has 0 aromatic carbocycles. The number of nitrogens with zero attached hydrogens (tertiary/aromatic N) is 1. The molecule has 0 aromatic heterocycles. The van der Waals surface area contributed by atoms with Crippen molar-refractivity contribution in [2.45, 2.75) is 52.2 Å². The van der Waals surface area contributed by atoms with Gasteiger partial charge in [-0.2, -0.15) is 0 Å². The molecule has 0 bridgehead atoms. The molecule has 4 nitrogen and oxygen atoms in total. The van der Waals surface area contributed by atoms with Crippen LogP contribution in [0.3, 0.4) is 0 Å². The molecule has 0 spiro atoms. The first-order chi connectivity index (χ1) is 7.94. The van der Waals surface area contributed by atoms with Crippen molar-refractivity contribution in [1.29, 1.82) is 0 Å². The average Bonchev–Trinajstić information content (AvgIpc) is 2.21. The molecule has 1 heterocycles. The number of hydrogen-bond acceptors (Lipinski definition) is 4. The maximum absolute atomic E-state index is 11.8. The lowest BCUT2D eigenvalue weighted by molar-refractivity contribution is -0.171. The summed E-state index contributed by atoms with van der Waals surface area (Å²) < 4.78 is 5.08. The molecule has 1 saturated heterocycles. The van der Waals surface area contributed by atoms with Gasteiger partial charge in [-0.15, -0.1) is 0 Å². The van der Waals surface area contributed by atoms with E-state index < -0.39 is 5.60 Å². The van der Waals surface area contributed by atoms with Crippen LogP contribution in [-0.4, -0.2) is 47.3 Å². The van der Waals surface area contributed by atoms with Gasteiger partial charge < -0.3 is 9.84 Å². The van der Waals surface area contributed by atoms with Crippen molar-refractivity contribution in [1.82, 2.24) is 4.90 Å². The highest BCUT2D eigenvalue weighted by molar-refractivity contribution is 5.76. The molecule has 17 heavy (non-hydrogen) atoms. The zero-order valence-corrected chi connectivity index (χ0v) is 11.4. The first-order valence-electron chi connectivity index (χ1n) is 6.57. The van der Waals surface area contributed by atoms with Gasteiger partial charge in [-0.05, 0) is 19.3 Å². The lowest BCUT2D eigenvalue weighted by Crippen LogP contribution is -2.68. The van der Waals surface area contributed by atoms with Gasteiger partial charge in [0.1, 0.15) is 6.04 Å². The molecule has 0 amide bonds. The summed E-state index contributed by atoms with van der Waals surface area (Å²) in [5, 5.41) is 10.2. The van der Waals surface area contributed by atoms with Gasteiger partial charge in [0.05, 0.1) is 12.2 Å². The fraction of sp³-hybridized carbons (Fsp3) is 0.923. The Morgan fingerprint density at radius 3 is 2.41 bits per heavy atom. The SMILES string of the molecule is CCCC(C(=O)OCC)N1CC(O)(C(C)C)C1. The van der Waals surface area contributed by atoms with Crippen molar-refractivity contribution in [3.05, 3.63) is 0 Å². The highest BCUT2D eigenvalue weighted by atomic mass is 16.5. The summed E-state index contributed by atoms with van der Waals surface area (Å²) in [6.07, 6.45) is 1.74. The van der Waals surface area contributed by atoms with Crippen LogP contribution in [0.4, 0.5) is 0 Å². The van der Waals surface area contributed by atoms with Crippen molar-refractivity contribution in [2.24, 2.45) is 5.92 Å². The van der Waals surface area contributed by atoms with E-state index in [4.69, 9.17) is 4.74 Å². The van der Waals surface area contributed by atoms with Crippen LogP contribution in [0.5, 0.6) is 0 Å². The largest absolute Gasteiger partial charge is 0.465 e. The molecule has 1 unspecified atom stereocenters. The number of carbonyl (C=O) groups excluding carboxylic acids is 1. The number of rotatable bonds is 6. The second-order valence-electron chi connectivity index (χ2n) is 5.22. The smallest absolute Gasteiger partial charge is 0.323 e. The third-order valence-electron chi connectivity index (χ3n) is 3.59. The quantitative estimate of drug-likeness (QED) is 0.717. The summed E-state index contributed by atoms with van der Waals surface area (Å²) in [7, 11) is 0. The van der Waals surface area contributed by atoms with Gasteiger partial charge in [-0.1, -0.05) is 27.2 Å². The molecule has 4 heteroatoms. The highest BCUT2D eigenvalue weighted by Crippen LogP contribution is 2.31. The van der Waals surface area contributed by atoms with Crippen LogP contribution in [0.25, 0.3) is 0 Å². The minimum absolute atomic E-state index is 0.153. The zero-order valence-electron chi connectivity index (χ0n) is 11.4. The topological polar surface area (TPSA) is 49.8 Å². The summed E-state index contributed by atoms with van der Waals surface area (Å²) >= 11 is 0. The van der Waals surface area contributed by atoms with E-state index in [1.807, 2.05) is 25.7 Å². The monoisotopic (exact) mass is 243 g/mol. The first kappa shape index (κ1) is 14.5. The number of ether oxygens (including phenoxy) is 1. The average molecular weight is 243 g/mol. The predicted molar refractivity (Wildman–Crippen MR) is 66.7 cm³/mol. The van der Waals surface area contributed by atoms with Crippen LogP contribution in [0, 0.1) is 5.92 Å². The molecular formula is C13H25NO3. The van der Waals surface area contributed by atoms with E-state index in [0.29, 0.717) is 19.7 Å². The molecule has 1 aliphatic heterocycles. The maximum Gasteiger partial charge on any atom is 0.323 e. The van der Waals surface area contributed by atoms with Crippen molar-refractivity contribution in [3.63, 3.8) is 0 Å². The van der Waals surface area contributed by atoms with Crippen molar-refractivity contribution in [2.75, 3.05) is 19.7 Å². The molecule has 1 atom stereocenters. The molecule has 0 aromatic rings. The number of hydrogen-bond donors (Lipinski definition) is 1. The molecule has 1 rings (SSSR count). The van der Waals surface area contributed by atoms with E-state index in [-0.39, 0.29) is 17.9 Å². The summed E-state index contributed by atoms with van der Waals surface area (Å²) in [4.78, 5) is 13.8. The Labute approximate surface area is 104 Å². The first-order valence-corrected chi connectivity index (χ1v) is 6.57. The van der Waals surface area contributed by atoms with Gasteiger partial charge in [0.2, 0.25) is 0 Å². The van der Waals surface area contributed by atoms with Gasteiger partial charge in [0, 0.05) is 13.1 Å². The Morgan fingerprint density at radius 2 is 2.00 bits per heavy atom. The summed E-state index contributed by atoms with van der Waals surface area (Å²) in [5.41, 5.74) is -0.627. The van der Waals surface area contributed by atoms with E-state index in [9.17, 15) is 9.90 Å². The number of carbonyl (C=O) groups is 1. The Balaban J connectivity index is 2.55. The molecular weight excluding hydrogens is 218 g/mol. The minimum atomic E-state index is -0.627. The minimum Gasteiger partial charge on any atom is -0.465 e. The van der Waals surface area contributed by atoms with Crippen molar-refractivity contribution >= 4 is 5.97 Å². The molecule has 0 radical (unpaired) electrons. The third-order valence-corrected chi connectivity index (χ3v) is 3.59. The molecule has 1 N–H and O–H groups in total. The molecule has 0 aliphatic carbocycles. The Kier molecular flexibility index (Phi) is 4.95. The van der Waals surface area contributed by atoms with Crippen molar-refractivity contribution in [3.8, 4) is 0 Å². The molecule has 0 saturated carbocycles. The lowest BCUT2D eigenvalue weighted by Gasteiger charge is -2.51. The highest BCUT2D eigenvalue weighted by Gasteiger charge is 2.47. The van der Waals surface area contributed by atoms with Crippen LogP contribution in [0.2, 0.25) is 0 Å². The fourth-order valence-corrected chi connectivity index (χ4v) is 2.20. The lowest BCUT2D eigenvalue weighted by atomic mass is 9.81. The Bertz CT molecular complexity index is 259. The Hall–Kier alpha value is -0.610. The van der Waals surface area contributed by atoms with Crippen LogP contribution in [0.1, 0.15) is 40.5 Å². The van der Waals surface area contributed by atoms with Gasteiger partial charge in [-0.3, -0.25) is 9.69 Å². The van der Waals surface area contributed by atoms with E-state index in [0.717, 1.165) is 12.8 Å². The number of esters is 1. The second kappa shape index (κ2) is 5.83. The number of β-amino-alcohol motifs (C(OH)–C–C–N with tert-alkyl or cyclic N) is 1. The van der Waals surface area contributed by atoms with Crippen LogP contribution in [0.15, 0.2) is 0 Å². The van der Waals surface area contributed by atoms with Crippen LogP contribution in [-0.2, 0) is 9.53 Å². The van der Waals surface area contributed by atoms with E-state index in [1.54, 1.807) is 0 Å². The third kappa shape index (κ3) is 3.19. The standard InChI is InChI=1S/C13H25NO3/c1-5-7-11(12(15)17-6-2)14-8-13(16,9-14)10(3)4/h10-11,16H,5-9H2,1-4H3. The molecule has 100 valence electrons. The zero-order chi connectivity index (χ0) is 13.1. The molecule has 1 fully saturated rings. The van der Waals surface area contributed by atoms with Gasteiger partial charge in [-0.25, -0.2) is 0 Å². The second-order valence-corrected chi connectivity index (χ2v) is 5.22.